The molecule has 1 aromatic rings. The van der Waals surface area contributed by atoms with Crippen molar-refractivity contribution in [2.24, 2.45) is 5.92 Å². The molecule has 3 rings (SSSR count). The van der Waals surface area contributed by atoms with E-state index >= 15 is 0 Å². The molecule has 0 radical (unpaired) electrons. The van der Waals surface area contributed by atoms with E-state index in [0.717, 1.165) is 18.4 Å². The van der Waals surface area contributed by atoms with Crippen molar-refractivity contribution in [1.29, 1.82) is 0 Å². The van der Waals surface area contributed by atoms with E-state index in [-0.39, 0.29) is 5.82 Å². The van der Waals surface area contributed by atoms with Crippen LogP contribution in [0, 0.1) is 11.7 Å². The number of hydrogen-bond acceptors (Lipinski definition) is 2. The minimum absolute atomic E-state index is 0.262. The fourth-order valence-electron chi connectivity index (χ4n) is 2.62. The van der Waals surface area contributed by atoms with E-state index in [0.29, 0.717) is 30.6 Å². The summed E-state index contributed by atoms with van der Waals surface area (Å²) in [6, 6.07) is 4.42. The topological polar surface area (TPSA) is 23.5 Å². The molecule has 0 atom stereocenters. The van der Waals surface area contributed by atoms with E-state index in [1.807, 2.05) is 0 Å². The normalized spacial score (nSPS) is 23.5. The molecule has 92 valence electrons. The van der Waals surface area contributed by atoms with Crippen molar-refractivity contribution in [1.82, 2.24) is 4.90 Å². The van der Waals surface area contributed by atoms with E-state index in [9.17, 15) is 9.50 Å². The van der Waals surface area contributed by atoms with Gasteiger partial charge in [-0.15, -0.1) is 0 Å². The van der Waals surface area contributed by atoms with Crippen LogP contribution >= 0.6 is 11.6 Å². The molecule has 2 aliphatic rings. The van der Waals surface area contributed by atoms with Crippen LogP contribution < -0.4 is 0 Å². The molecule has 0 aromatic heterocycles. The third kappa shape index (κ3) is 2.19. The lowest BCUT2D eigenvalue weighted by atomic mass is 9.88. The van der Waals surface area contributed by atoms with Gasteiger partial charge in [0.05, 0.1) is 5.60 Å². The van der Waals surface area contributed by atoms with Crippen LogP contribution in [0.2, 0.25) is 5.02 Å². The minimum Gasteiger partial charge on any atom is -0.387 e. The molecule has 1 heterocycles. The number of likely N-dealkylation sites (tertiary alicyclic amines) is 1. The lowest BCUT2D eigenvalue weighted by Crippen LogP contribution is -2.62. The molecular weight excluding hydrogens is 241 g/mol. The molecule has 1 saturated heterocycles. The van der Waals surface area contributed by atoms with E-state index in [1.165, 1.54) is 12.1 Å². The molecular formula is C13H15ClFNO. The van der Waals surface area contributed by atoms with Gasteiger partial charge in [0, 0.05) is 24.7 Å². The second-order valence-corrected chi connectivity index (χ2v) is 5.67. The third-order valence-corrected chi connectivity index (χ3v) is 4.10. The molecule has 2 fully saturated rings. The summed E-state index contributed by atoms with van der Waals surface area (Å²) in [5, 5.41) is 10.8. The molecule has 4 heteroatoms. The van der Waals surface area contributed by atoms with Gasteiger partial charge in [0.1, 0.15) is 5.82 Å². The summed E-state index contributed by atoms with van der Waals surface area (Å²) in [5.74, 6) is 0.226. The Bertz CT molecular complexity index is 441. The van der Waals surface area contributed by atoms with Crippen LogP contribution in [0.15, 0.2) is 18.2 Å². The highest BCUT2D eigenvalue weighted by atomic mass is 35.5. The van der Waals surface area contributed by atoms with Gasteiger partial charge in [-0.25, -0.2) is 4.39 Å². The van der Waals surface area contributed by atoms with Crippen molar-refractivity contribution >= 4 is 11.6 Å². The lowest BCUT2D eigenvalue weighted by Gasteiger charge is -2.47. The monoisotopic (exact) mass is 255 g/mol. The molecule has 0 amide bonds. The first kappa shape index (κ1) is 11.5. The summed E-state index contributed by atoms with van der Waals surface area (Å²) in [4.78, 5) is 2.11. The standard InChI is InChI=1S/C13H15ClFNO/c14-12-4-3-11(15)5-9(12)6-16-7-13(17,8-16)10-1-2-10/h3-5,10,17H,1-2,6-8H2. The van der Waals surface area contributed by atoms with Gasteiger partial charge in [-0.05, 0) is 42.5 Å². The van der Waals surface area contributed by atoms with Crippen LogP contribution in [-0.2, 0) is 6.54 Å². The summed E-state index contributed by atoms with van der Waals surface area (Å²) in [5.41, 5.74) is 0.310. The lowest BCUT2D eigenvalue weighted by molar-refractivity contribution is -0.116. The molecule has 0 unspecified atom stereocenters. The summed E-state index contributed by atoms with van der Waals surface area (Å²) < 4.78 is 13.1. The largest absolute Gasteiger partial charge is 0.387 e. The first-order valence-electron chi connectivity index (χ1n) is 5.95. The maximum absolute atomic E-state index is 13.1. The van der Waals surface area contributed by atoms with Crippen LogP contribution in [0.3, 0.4) is 0 Å². The van der Waals surface area contributed by atoms with Crippen LogP contribution in [0.4, 0.5) is 4.39 Å². The van der Waals surface area contributed by atoms with Crippen LogP contribution in [0.25, 0.3) is 0 Å². The van der Waals surface area contributed by atoms with Gasteiger partial charge in [0.15, 0.2) is 0 Å². The predicted molar refractivity (Wildman–Crippen MR) is 64.4 cm³/mol. The summed E-state index contributed by atoms with van der Waals surface area (Å²) in [7, 11) is 0. The first-order chi connectivity index (χ1) is 8.07. The maximum atomic E-state index is 13.1. The Hall–Kier alpha value is -0.640. The third-order valence-electron chi connectivity index (χ3n) is 3.73. The SMILES string of the molecule is OC1(C2CC2)CN(Cc2cc(F)ccc2Cl)C1. The Balaban J connectivity index is 1.63. The quantitative estimate of drug-likeness (QED) is 0.897. The Morgan fingerprint density at radius 1 is 1.41 bits per heavy atom. The molecule has 1 saturated carbocycles. The second kappa shape index (κ2) is 3.94. The number of nitrogens with zero attached hydrogens (tertiary/aromatic N) is 1. The van der Waals surface area contributed by atoms with Gasteiger partial charge < -0.3 is 5.11 Å². The van der Waals surface area contributed by atoms with Crippen molar-refractivity contribution in [2.75, 3.05) is 13.1 Å². The highest BCUT2D eigenvalue weighted by Crippen LogP contribution is 2.44. The zero-order valence-electron chi connectivity index (χ0n) is 9.50. The Morgan fingerprint density at radius 2 is 2.12 bits per heavy atom. The van der Waals surface area contributed by atoms with Gasteiger partial charge in [-0.1, -0.05) is 11.6 Å². The van der Waals surface area contributed by atoms with Crippen molar-refractivity contribution in [3.05, 3.63) is 34.6 Å². The number of hydrogen-bond donors (Lipinski definition) is 1. The van der Waals surface area contributed by atoms with Crippen LogP contribution in [0.1, 0.15) is 18.4 Å². The molecule has 1 N–H and O–H groups in total. The highest BCUT2D eigenvalue weighted by molar-refractivity contribution is 6.31. The van der Waals surface area contributed by atoms with Gasteiger partial charge in [-0.2, -0.15) is 0 Å². The smallest absolute Gasteiger partial charge is 0.123 e. The number of halogens is 2. The van der Waals surface area contributed by atoms with Gasteiger partial charge in [0.25, 0.3) is 0 Å². The second-order valence-electron chi connectivity index (χ2n) is 5.26. The fraction of sp³-hybridized carbons (Fsp3) is 0.538. The van der Waals surface area contributed by atoms with Crippen LogP contribution in [0.5, 0.6) is 0 Å². The summed E-state index contributed by atoms with van der Waals surface area (Å²) in [6.07, 6.45) is 2.29. The summed E-state index contributed by atoms with van der Waals surface area (Å²) in [6.45, 7) is 1.99. The van der Waals surface area contributed by atoms with E-state index in [2.05, 4.69) is 4.90 Å². The van der Waals surface area contributed by atoms with Crippen molar-refractivity contribution in [3.8, 4) is 0 Å². The maximum Gasteiger partial charge on any atom is 0.123 e. The average Bonchev–Trinajstić information content (AvgIpc) is 3.04. The van der Waals surface area contributed by atoms with Gasteiger partial charge in [-0.3, -0.25) is 4.90 Å². The molecule has 0 spiro atoms. The molecule has 17 heavy (non-hydrogen) atoms. The molecule has 1 aromatic carbocycles. The van der Waals surface area contributed by atoms with E-state index < -0.39 is 5.60 Å². The first-order valence-corrected chi connectivity index (χ1v) is 6.33. The molecule has 1 aliphatic heterocycles. The molecule has 0 bridgehead atoms. The van der Waals surface area contributed by atoms with Crippen molar-refractivity contribution < 1.29 is 9.50 Å². The number of benzene rings is 1. The number of β-amino-alcohol motifs (C(OH)–C–C–N with tert-alkyl or cyclic N) is 1. The Morgan fingerprint density at radius 3 is 2.76 bits per heavy atom. The summed E-state index contributed by atoms with van der Waals surface area (Å²) >= 11 is 6.01. The Labute approximate surface area is 105 Å². The highest BCUT2D eigenvalue weighted by Gasteiger charge is 2.51. The number of aliphatic hydroxyl groups is 1. The van der Waals surface area contributed by atoms with Crippen molar-refractivity contribution in [3.63, 3.8) is 0 Å². The predicted octanol–water partition coefficient (Wildman–Crippen LogP) is 2.44. The van der Waals surface area contributed by atoms with Crippen molar-refractivity contribution in [2.45, 2.75) is 25.0 Å². The zero-order valence-corrected chi connectivity index (χ0v) is 10.3. The molecule has 2 nitrogen and oxygen atoms in total. The van der Waals surface area contributed by atoms with Crippen LogP contribution in [-0.4, -0.2) is 28.7 Å². The minimum atomic E-state index is -0.486. The van der Waals surface area contributed by atoms with Gasteiger partial charge >= 0.3 is 0 Å². The van der Waals surface area contributed by atoms with E-state index in [4.69, 9.17) is 11.6 Å². The molecule has 1 aliphatic carbocycles. The van der Waals surface area contributed by atoms with Gasteiger partial charge in [0.2, 0.25) is 0 Å². The van der Waals surface area contributed by atoms with E-state index in [1.54, 1.807) is 6.07 Å². The number of rotatable bonds is 3. The Kier molecular flexibility index (Phi) is 2.65. The zero-order chi connectivity index (χ0) is 12.0. The average molecular weight is 256 g/mol. The fourth-order valence-corrected chi connectivity index (χ4v) is 2.80.